The summed E-state index contributed by atoms with van der Waals surface area (Å²) in [6, 6.07) is 6.80. The quantitative estimate of drug-likeness (QED) is 0.533. The second-order valence-electron chi connectivity index (χ2n) is 2.54. The van der Waals surface area contributed by atoms with Crippen LogP contribution < -0.4 is 0 Å². The first-order chi connectivity index (χ1) is 5.74. The highest BCUT2D eigenvalue weighted by Crippen LogP contribution is 2.17. The molecule has 1 aromatic rings. The van der Waals surface area contributed by atoms with E-state index >= 15 is 0 Å². The molecule has 0 radical (unpaired) electrons. The van der Waals surface area contributed by atoms with Crippen molar-refractivity contribution >= 4 is 11.9 Å². The number of carbonyl (C=O) groups excluding carboxylic acids is 1. The van der Waals surface area contributed by atoms with Gasteiger partial charge in [0.05, 0.1) is 0 Å². The summed E-state index contributed by atoms with van der Waals surface area (Å²) in [4.78, 5) is 10.1. The number of allylic oxidation sites excluding steroid dienone is 2. The highest BCUT2D eigenvalue weighted by atomic mass is 16.3. The van der Waals surface area contributed by atoms with Gasteiger partial charge in [0.15, 0.2) is 0 Å². The lowest BCUT2D eigenvalue weighted by Gasteiger charge is -1.99. The van der Waals surface area contributed by atoms with E-state index in [0.717, 1.165) is 17.4 Å². The largest absolute Gasteiger partial charge is 0.508 e. The van der Waals surface area contributed by atoms with Crippen molar-refractivity contribution in [2.24, 2.45) is 0 Å². The summed E-state index contributed by atoms with van der Waals surface area (Å²) in [5.41, 5.74) is 1.71. The zero-order valence-electron chi connectivity index (χ0n) is 6.82. The lowest BCUT2D eigenvalue weighted by molar-refractivity contribution is -0.104. The molecule has 0 amide bonds. The number of hydrogen-bond acceptors (Lipinski definition) is 2. The maximum absolute atomic E-state index is 10.1. The highest BCUT2D eigenvalue weighted by Gasteiger charge is 1.95. The maximum Gasteiger partial charge on any atom is 0.143 e. The van der Waals surface area contributed by atoms with E-state index in [4.69, 9.17) is 5.11 Å². The minimum atomic E-state index is 0.214. The van der Waals surface area contributed by atoms with Crippen molar-refractivity contribution < 1.29 is 9.90 Å². The van der Waals surface area contributed by atoms with Gasteiger partial charge in [-0.1, -0.05) is 12.1 Å². The van der Waals surface area contributed by atoms with Crippen LogP contribution in [0.15, 0.2) is 30.3 Å². The zero-order chi connectivity index (χ0) is 8.97. The fourth-order valence-corrected chi connectivity index (χ4v) is 0.949. The van der Waals surface area contributed by atoms with Crippen molar-refractivity contribution in [2.75, 3.05) is 0 Å². The van der Waals surface area contributed by atoms with Gasteiger partial charge in [-0.25, -0.2) is 0 Å². The summed E-state index contributed by atoms with van der Waals surface area (Å²) in [7, 11) is 0. The number of benzene rings is 1. The van der Waals surface area contributed by atoms with Crippen molar-refractivity contribution in [3.8, 4) is 5.75 Å². The Balaban J connectivity index is 3.03. The monoisotopic (exact) mass is 162 g/mol. The average Bonchev–Trinajstić information content (AvgIpc) is 2.05. The zero-order valence-corrected chi connectivity index (χ0v) is 6.82. The van der Waals surface area contributed by atoms with Gasteiger partial charge in [-0.05, 0) is 36.3 Å². The molecule has 0 aliphatic heterocycles. The van der Waals surface area contributed by atoms with E-state index in [0.29, 0.717) is 0 Å². The molecule has 0 aliphatic carbocycles. The van der Waals surface area contributed by atoms with Crippen molar-refractivity contribution in [3.63, 3.8) is 0 Å². The molecule has 0 saturated heterocycles. The molecule has 0 heterocycles. The molecule has 2 nitrogen and oxygen atoms in total. The summed E-state index contributed by atoms with van der Waals surface area (Å²) < 4.78 is 0. The minimum Gasteiger partial charge on any atom is -0.508 e. The number of rotatable bonds is 2. The molecule has 2 heteroatoms. The van der Waals surface area contributed by atoms with E-state index < -0.39 is 0 Å². The third-order valence-electron chi connectivity index (χ3n) is 1.62. The topological polar surface area (TPSA) is 37.3 Å². The predicted molar refractivity (Wildman–Crippen MR) is 47.8 cm³/mol. The van der Waals surface area contributed by atoms with Gasteiger partial charge >= 0.3 is 0 Å². The van der Waals surface area contributed by atoms with Gasteiger partial charge in [0.2, 0.25) is 0 Å². The second kappa shape index (κ2) is 3.72. The van der Waals surface area contributed by atoms with Gasteiger partial charge < -0.3 is 5.11 Å². The molecule has 0 aliphatic rings. The number of carbonyl (C=O) groups is 1. The fraction of sp³-hybridized carbons (Fsp3) is 0.100. The van der Waals surface area contributed by atoms with Gasteiger partial charge in [0, 0.05) is 0 Å². The third-order valence-corrected chi connectivity index (χ3v) is 1.62. The number of phenolic OH excluding ortho intramolecular Hbond substituents is 1. The van der Waals surface area contributed by atoms with Gasteiger partial charge in [-0.3, -0.25) is 4.79 Å². The Morgan fingerprint density at radius 2 is 2.25 bits per heavy atom. The number of hydrogen-bond donors (Lipinski definition) is 1. The Morgan fingerprint density at radius 1 is 1.50 bits per heavy atom. The highest BCUT2D eigenvalue weighted by molar-refractivity contribution is 5.80. The van der Waals surface area contributed by atoms with E-state index in [1.165, 1.54) is 6.08 Å². The van der Waals surface area contributed by atoms with Crippen LogP contribution in [0.1, 0.15) is 12.5 Å². The van der Waals surface area contributed by atoms with Gasteiger partial charge in [-0.15, -0.1) is 0 Å². The molecular weight excluding hydrogens is 152 g/mol. The third kappa shape index (κ3) is 1.95. The Kier molecular flexibility index (Phi) is 2.64. The van der Waals surface area contributed by atoms with Crippen molar-refractivity contribution in [2.45, 2.75) is 6.92 Å². The van der Waals surface area contributed by atoms with Crippen LogP contribution in [-0.2, 0) is 4.79 Å². The van der Waals surface area contributed by atoms with Crippen molar-refractivity contribution in [1.29, 1.82) is 0 Å². The maximum atomic E-state index is 10.1. The van der Waals surface area contributed by atoms with E-state index in [1.807, 2.05) is 13.0 Å². The molecular formula is C10H10O2. The lowest BCUT2D eigenvalue weighted by Crippen LogP contribution is -1.78. The average molecular weight is 162 g/mol. The molecule has 0 atom stereocenters. The van der Waals surface area contributed by atoms with E-state index in [2.05, 4.69) is 0 Å². The summed E-state index contributed by atoms with van der Waals surface area (Å²) in [5, 5.41) is 9.11. The smallest absolute Gasteiger partial charge is 0.143 e. The summed E-state index contributed by atoms with van der Waals surface area (Å²) in [6.45, 7) is 1.82. The van der Waals surface area contributed by atoms with Crippen LogP contribution in [0.5, 0.6) is 5.75 Å². The molecule has 1 N–H and O–H groups in total. The molecule has 0 fully saturated rings. The van der Waals surface area contributed by atoms with Gasteiger partial charge in [0.25, 0.3) is 0 Å². The Labute approximate surface area is 71.2 Å². The minimum absolute atomic E-state index is 0.214. The first-order valence-electron chi connectivity index (χ1n) is 3.65. The lowest BCUT2D eigenvalue weighted by atomic mass is 10.1. The number of aldehydes is 1. The molecule has 62 valence electrons. The molecule has 1 rings (SSSR count). The van der Waals surface area contributed by atoms with Crippen LogP contribution in [0, 0.1) is 0 Å². The van der Waals surface area contributed by atoms with Gasteiger partial charge in [-0.2, -0.15) is 0 Å². The first kappa shape index (κ1) is 8.53. The molecule has 0 saturated carbocycles. The van der Waals surface area contributed by atoms with Crippen molar-refractivity contribution in [1.82, 2.24) is 0 Å². The molecule has 1 aromatic carbocycles. The normalized spacial score (nSPS) is 11.2. The first-order valence-corrected chi connectivity index (χ1v) is 3.65. The molecule has 0 aromatic heterocycles. The van der Waals surface area contributed by atoms with Crippen LogP contribution in [0.4, 0.5) is 0 Å². The Bertz CT molecular complexity index is 313. The summed E-state index contributed by atoms with van der Waals surface area (Å²) in [5.74, 6) is 0.214. The van der Waals surface area contributed by atoms with Crippen LogP contribution >= 0.6 is 0 Å². The van der Waals surface area contributed by atoms with Crippen LogP contribution in [0.25, 0.3) is 5.57 Å². The molecule has 0 bridgehead atoms. The molecule has 0 unspecified atom stereocenters. The van der Waals surface area contributed by atoms with E-state index in [-0.39, 0.29) is 5.75 Å². The number of phenols is 1. The van der Waals surface area contributed by atoms with E-state index in [9.17, 15) is 4.79 Å². The number of aromatic hydroxyl groups is 1. The fourth-order valence-electron chi connectivity index (χ4n) is 0.949. The Hall–Kier alpha value is -1.57. The van der Waals surface area contributed by atoms with Crippen LogP contribution in [0.3, 0.4) is 0 Å². The summed E-state index contributed by atoms with van der Waals surface area (Å²) >= 11 is 0. The standard InChI is InChI=1S/C10H10O2/c1-8(5-6-11)9-3-2-4-10(12)7-9/h2-7,12H,1H3/b8-5-. The second-order valence-corrected chi connectivity index (χ2v) is 2.54. The van der Waals surface area contributed by atoms with E-state index in [1.54, 1.807) is 18.2 Å². The predicted octanol–water partition coefficient (Wildman–Crippen LogP) is 1.99. The van der Waals surface area contributed by atoms with Crippen molar-refractivity contribution in [3.05, 3.63) is 35.9 Å². The summed E-state index contributed by atoms with van der Waals surface area (Å²) in [6.07, 6.45) is 2.20. The van der Waals surface area contributed by atoms with Crippen LogP contribution in [0.2, 0.25) is 0 Å². The SMILES string of the molecule is C/C(=C/C=O)c1cccc(O)c1. The van der Waals surface area contributed by atoms with Gasteiger partial charge in [0.1, 0.15) is 12.0 Å². The van der Waals surface area contributed by atoms with Crippen LogP contribution in [-0.4, -0.2) is 11.4 Å². The molecule has 0 spiro atoms. The molecule has 12 heavy (non-hydrogen) atoms. The Morgan fingerprint density at radius 3 is 2.83 bits per heavy atom.